The maximum absolute atomic E-state index is 12.4. The summed E-state index contributed by atoms with van der Waals surface area (Å²) in [5.74, 6) is 0.171. The van der Waals surface area contributed by atoms with Gasteiger partial charge in [-0.1, -0.05) is 47.6 Å². The second-order valence-corrected chi connectivity index (χ2v) is 6.15. The number of allylic oxidation sites excluding steroid dienone is 9. The summed E-state index contributed by atoms with van der Waals surface area (Å²) in [5.41, 5.74) is 5.49. The fourth-order valence-corrected chi connectivity index (χ4v) is 2.40. The first-order valence-electron chi connectivity index (χ1n) is 7.78. The second-order valence-electron chi connectivity index (χ2n) is 6.15. The van der Waals surface area contributed by atoms with Gasteiger partial charge in [0.25, 0.3) is 0 Å². The van der Waals surface area contributed by atoms with Crippen LogP contribution in [0.15, 0.2) is 58.7 Å². The van der Waals surface area contributed by atoms with E-state index in [-0.39, 0.29) is 5.78 Å². The predicted molar refractivity (Wildman–Crippen MR) is 92.3 cm³/mol. The summed E-state index contributed by atoms with van der Waals surface area (Å²) in [6.07, 6.45) is 13.2. The molecule has 1 rings (SSSR count). The van der Waals surface area contributed by atoms with Crippen molar-refractivity contribution in [2.24, 2.45) is 0 Å². The first kappa shape index (κ1) is 17.4. The summed E-state index contributed by atoms with van der Waals surface area (Å²) in [4.78, 5) is 12.4. The molecular weight excluding hydrogens is 256 g/mol. The second kappa shape index (κ2) is 8.61. The number of hydrogen-bond acceptors (Lipinski definition) is 1. The molecule has 0 aromatic heterocycles. The zero-order valence-electron chi connectivity index (χ0n) is 14.0. The fraction of sp³-hybridized carbons (Fsp3) is 0.450. The van der Waals surface area contributed by atoms with Crippen molar-refractivity contribution >= 4 is 5.78 Å². The summed E-state index contributed by atoms with van der Waals surface area (Å²) in [7, 11) is 0. The highest BCUT2D eigenvalue weighted by molar-refractivity contribution is 6.00. The van der Waals surface area contributed by atoms with Crippen molar-refractivity contribution in [3.63, 3.8) is 0 Å². The third-order valence-electron chi connectivity index (χ3n) is 3.80. The Morgan fingerprint density at radius 3 is 2.14 bits per heavy atom. The van der Waals surface area contributed by atoms with Crippen LogP contribution in [0, 0.1) is 0 Å². The Morgan fingerprint density at radius 1 is 0.952 bits per heavy atom. The van der Waals surface area contributed by atoms with Gasteiger partial charge in [-0.2, -0.15) is 0 Å². The van der Waals surface area contributed by atoms with E-state index in [0.29, 0.717) is 6.42 Å². The third-order valence-corrected chi connectivity index (χ3v) is 3.80. The van der Waals surface area contributed by atoms with Gasteiger partial charge in [-0.25, -0.2) is 0 Å². The zero-order chi connectivity index (χ0) is 15.8. The van der Waals surface area contributed by atoms with Crippen molar-refractivity contribution in [1.82, 2.24) is 0 Å². The van der Waals surface area contributed by atoms with E-state index in [0.717, 1.165) is 42.4 Å². The molecule has 114 valence electrons. The van der Waals surface area contributed by atoms with E-state index in [4.69, 9.17) is 0 Å². The zero-order valence-corrected chi connectivity index (χ0v) is 14.0. The van der Waals surface area contributed by atoms with Crippen LogP contribution in [0.3, 0.4) is 0 Å². The highest BCUT2D eigenvalue weighted by atomic mass is 16.1. The van der Waals surface area contributed by atoms with Crippen LogP contribution in [0.25, 0.3) is 0 Å². The van der Waals surface area contributed by atoms with Gasteiger partial charge in [0.2, 0.25) is 0 Å². The molecule has 0 heterocycles. The number of Topliss-reactive ketones (excluding diaryl/α,β-unsaturated/α-hetero) is 1. The molecule has 1 aliphatic carbocycles. The number of ketones is 1. The maximum Gasteiger partial charge on any atom is 0.167 e. The molecule has 0 aliphatic heterocycles. The summed E-state index contributed by atoms with van der Waals surface area (Å²) < 4.78 is 0. The van der Waals surface area contributed by atoms with Gasteiger partial charge in [0.15, 0.2) is 5.78 Å². The van der Waals surface area contributed by atoms with Gasteiger partial charge in [-0.3, -0.25) is 4.79 Å². The Morgan fingerprint density at radius 2 is 1.52 bits per heavy atom. The summed E-state index contributed by atoms with van der Waals surface area (Å²) >= 11 is 0. The van der Waals surface area contributed by atoms with E-state index in [9.17, 15) is 4.79 Å². The molecule has 0 unspecified atom stereocenters. The minimum Gasteiger partial charge on any atom is -0.294 e. The molecular formula is C20H28O. The molecule has 0 spiro atoms. The molecule has 0 radical (unpaired) electrons. The van der Waals surface area contributed by atoms with Crippen molar-refractivity contribution in [2.45, 2.75) is 59.8 Å². The van der Waals surface area contributed by atoms with Crippen LogP contribution in [-0.2, 0) is 4.79 Å². The lowest BCUT2D eigenvalue weighted by Gasteiger charge is -2.08. The first-order chi connectivity index (χ1) is 9.90. The van der Waals surface area contributed by atoms with Gasteiger partial charge in [0.1, 0.15) is 0 Å². The van der Waals surface area contributed by atoms with E-state index in [2.05, 4.69) is 38.7 Å². The van der Waals surface area contributed by atoms with Gasteiger partial charge >= 0.3 is 0 Å². The van der Waals surface area contributed by atoms with E-state index in [1.165, 1.54) is 11.1 Å². The quantitative estimate of drug-likeness (QED) is 0.551. The lowest BCUT2D eigenvalue weighted by molar-refractivity contribution is -0.114. The smallest absolute Gasteiger partial charge is 0.167 e. The molecule has 0 amide bonds. The van der Waals surface area contributed by atoms with Crippen LogP contribution >= 0.6 is 0 Å². The Hall–Kier alpha value is -1.63. The highest BCUT2D eigenvalue weighted by Gasteiger charge is 2.10. The van der Waals surface area contributed by atoms with E-state index in [1.54, 1.807) is 0 Å². The molecule has 0 aromatic rings. The van der Waals surface area contributed by atoms with Crippen molar-refractivity contribution < 1.29 is 4.79 Å². The van der Waals surface area contributed by atoms with Crippen molar-refractivity contribution in [3.05, 3.63) is 58.7 Å². The lowest BCUT2D eigenvalue weighted by atomic mass is 9.96. The number of hydrogen-bond donors (Lipinski definition) is 0. The Labute approximate surface area is 129 Å². The lowest BCUT2D eigenvalue weighted by Crippen LogP contribution is -2.04. The molecule has 1 nitrogen and oxygen atoms in total. The number of carbonyl (C=O) groups excluding carboxylic acids is 1. The normalized spacial score (nSPS) is 28.9. The van der Waals surface area contributed by atoms with Crippen molar-refractivity contribution in [3.8, 4) is 0 Å². The molecule has 0 bridgehead atoms. The number of carbonyl (C=O) groups is 1. The summed E-state index contributed by atoms with van der Waals surface area (Å²) in [6.45, 7) is 12.2. The standard InChI is InChI=1S/C20H28O/c1-15(2)19-13-12-17(4)10-6-8-16(3)9-7-11-18(5)14-20(19)21/h8,11-13H,1,6-7,9-10,14H2,2-5H3/b16-8+,17-12+,18-11+,19-13-. The minimum atomic E-state index is 0.171. The van der Waals surface area contributed by atoms with E-state index >= 15 is 0 Å². The molecule has 0 N–H and O–H groups in total. The third kappa shape index (κ3) is 6.57. The summed E-state index contributed by atoms with van der Waals surface area (Å²) in [5, 5.41) is 0. The van der Waals surface area contributed by atoms with Crippen LogP contribution in [-0.4, -0.2) is 5.78 Å². The molecule has 0 fully saturated rings. The fourth-order valence-electron chi connectivity index (χ4n) is 2.40. The van der Waals surface area contributed by atoms with Crippen LogP contribution < -0.4 is 0 Å². The molecule has 1 heteroatoms. The molecule has 0 aromatic carbocycles. The van der Waals surface area contributed by atoms with Gasteiger partial charge < -0.3 is 0 Å². The predicted octanol–water partition coefficient (Wildman–Crippen LogP) is 5.86. The topological polar surface area (TPSA) is 17.1 Å². The van der Waals surface area contributed by atoms with Gasteiger partial charge in [0.05, 0.1) is 0 Å². The average molecular weight is 284 g/mol. The molecule has 1 aliphatic rings. The largest absolute Gasteiger partial charge is 0.294 e. The van der Waals surface area contributed by atoms with Crippen LogP contribution in [0.2, 0.25) is 0 Å². The Balaban J connectivity index is 3.06. The minimum absolute atomic E-state index is 0.171. The molecule has 0 saturated carbocycles. The monoisotopic (exact) mass is 284 g/mol. The Bertz CT molecular complexity index is 524. The molecule has 21 heavy (non-hydrogen) atoms. The first-order valence-corrected chi connectivity index (χ1v) is 7.78. The van der Waals surface area contributed by atoms with Crippen molar-refractivity contribution in [2.75, 3.05) is 0 Å². The van der Waals surface area contributed by atoms with Crippen LogP contribution in [0.5, 0.6) is 0 Å². The Kier molecular flexibility index (Phi) is 7.14. The van der Waals surface area contributed by atoms with E-state index < -0.39 is 0 Å². The SMILES string of the molecule is C=C(C)/C1=C/C=C(\C)CC/C=C(\C)CC/C=C(\C)CC1=O. The van der Waals surface area contributed by atoms with Crippen molar-refractivity contribution in [1.29, 1.82) is 0 Å². The van der Waals surface area contributed by atoms with Gasteiger partial charge in [-0.05, 0) is 59.0 Å². The van der Waals surface area contributed by atoms with Crippen LogP contribution in [0.1, 0.15) is 59.8 Å². The molecule has 0 saturated heterocycles. The van der Waals surface area contributed by atoms with Gasteiger partial charge in [-0.15, -0.1) is 0 Å². The highest BCUT2D eigenvalue weighted by Crippen LogP contribution is 2.18. The summed E-state index contributed by atoms with van der Waals surface area (Å²) in [6, 6.07) is 0. The maximum atomic E-state index is 12.4. The average Bonchev–Trinajstić information content (AvgIpc) is 2.37. The van der Waals surface area contributed by atoms with Gasteiger partial charge in [0, 0.05) is 12.0 Å². The molecule has 0 atom stereocenters. The number of rotatable bonds is 1. The van der Waals surface area contributed by atoms with E-state index in [1.807, 2.05) is 19.9 Å². The van der Waals surface area contributed by atoms with Crippen LogP contribution in [0.4, 0.5) is 0 Å².